The summed E-state index contributed by atoms with van der Waals surface area (Å²) in [5.74, 6) is 0. The molecule has 0 aliphatic carbocycles. The van der Waals surface area contributed by atoms with Gasteiger partial charge in [-0.2, -0.15) is 0 Å². The maximum absolute atomic E-state index is 4.53. The lowest BCUT2D eigenvalue weighted by molar-refractivity contribution is 0.0955. The van der Waals surface area contributed by atoms with Crippen LogP contribution in [0.2, 0.25) is 0 Å². The van der Waals surface area contributed by atoms with Crippen LogP contribution in [0.1, 0.15) is 29.9 Å². The fraction of sp³-hybridized carbons (Fsp3) is 0.400. The molecule has 25 heavy (non-hydrogen) atoms. The molecule has 130 valence electrons. The molecule has 3 aromatic rings. The van der Waals surface area contributed by atoms with Crippen molar-refractivity contribution in [3.05, 3.63) is 65.9 Å². The largest absolute Gasteiger partial charge is 0.303 e. The highest BCUT2D eigenvalue weighted by Crippen LogP contribution is 2.20. The number of aromatic nitrogens is 3. The van der Waals surface area contributed by atoms with Crippen LogP contribution in [0.5, 0.6) is 0 Å². The summed E-state index contributed by atoms with van der Waals surface area (Å²) < 4.78 is 2.22. The van der Waals surface area contributed by atoms with Crippen molar-refractivity contribution in [2.75, 3.05) is 26.2 Å². The molecule has 1 aliphatic rings. The van der Waals surface area contributed by atoms with Crippen molar-refractivity contribution in [2.45, 2.75) is 26.4 Å². The molecule has 0 aromatic carbocycles. The molecule has 0 saturated carbocycles. The van der Waals surface area contributed by atoms with Gasteiger partial charge in [-0.1, -0.05) is 12.1 Å². The Hall–Kier alpha value is -2.24. The second kappa shape index (κ2) is 6.94. The van der Waals surface area contributed by atoms with E-state index in [2.05, 4.69) is 68.5 Å². The van der Waals surface area contributed by atoms with E-state index in [4.69, 9.17) is 0 Å². The Bertz CT molecular complexity index is 834. The average molecular weight is 335 g/mol. The molecule has 5 nitrogen and oxygen atoms in total. The third kappa shape index (κ3) is 3.43. The van der Waals surface area contributed by atoms with E-state index in [0.29, 0.717) is 6.04 Å². The van der Waals surface area contributed by atoms with Gasteiger partial charge in [-0.25, -0.2) is 4.98 Å². The Kier molecular flexibility index (Phi) is 4.51. The molecule has 0 spiro atoms. The van der Waals surface area contributed by atoms with E-state index in [-0.39, 0.29) is 0 Å². The molecule has 3 aromatic heterocycles. The van der Waals surface area contributed by atoms with Gasteiger partial charge in [0.25, 0.3) is 0 Å². The Morgan fingerprint density at radius 1 is 1.04 bits per heavy atom. The lowest BCUT2D eigenvalue weighted by Crippen LogP contribution is -2.46. The molecule has 5 heteroatoms. The van der Waals surface area contributed by atoms with Crippen molar-refractivity contribution in [1.29, 1.82) is 0 Å². The first kappa shape index (κ1) is 16.2. The predicted molar refractivity (Wildman–Crippen MR) is 99.4 cm³/mol. The van der Waals surface area contributed by atoms with E-state index >= 15 is 0 Å². The van der Waals surface area contributed by atoms with E-state index in [9.17, 15) is 0 Å². The van der Waals surface area contributed by atoms with Crippen molar-refractivity contribution in [2.24, 2.45) is 0 Å². The number of imidazole rings is 1. The normalized spacial score (nSPS) is 17.8. The average Bonchev–Trinajstić information content (AvgIpc) is 3.04. The zero-order valence-electron chi connectivity index (χ0n) is 15.0. The van der Waals surface area contributed by atoms with Gasteiger partial charge in [-0.3, -0.25) is 14.8 Å². The van der Waals surface area contributed by atoms with Crippen molar-refractivity contribution >= 4 is 5.65 Å². The van der Waals surface area contributed by atoms with E-state index in [0.717, 1.165) is 44.1 Å². The van der Waals surface area contributed by atoms with Crippen LogP contribution in [-0.4, -0.2) is 50.3 Å². The third-order valence-corrected chi connectivity index (χ3v) is 5.19. The van der Waals surface area contributed by atoms with Crippen molar-refractivity contribution < 1.29 is 0 Å². The molecule has 1 aliphatic heterocycles. The second-order valence-electron chi connectivity index (χ2n) is 6.93. The fourth-order valence-electron chi connectivity index (χ4n) is 3.60. The van der Waals surface area contributed by atoms with Gasteiger partial charge in [-0.05, 0) is 37.6 Å². The van der Waals surface area contributed by atoms with E-state index in [1.54, 1.807) is 0 Å². The van der Waals surface area contributed by atoms with Crippen LogP contribution >= 0.6 is 0 Å². The summed E-state index contributed by atoms with van der Waals surface area (Å²) in [5, 5.41) is 0. The summed E-state index contributed by atoms with van der Waals surface area (Å²) >= 11 is 0. The highest BCUT2D eigenvalue weighted by molar-refractivity contribution is 5.41. The minimum absolute atomic E-state index is 0.377. The van der Waals surface area contributed by atoms with Crippen LogP contribution in [0.15, 0.2) is 48.9 Å². The van der Waals surface area contributed by atoms with E-state index in [1.807, 2.05) is 18.5 Å². The van der Waals surface area contributed by atoms with Gasteiger partial charge in [0.15, 0.2) is 0 Å². The molecule has 1 fully saturated rings. The lowest BCUT2D eigenvalue weighted by atomic mass is 10.1. The van der Waals surface area contributed by atoms with Crippen LogP contribution in [0.3, 0.4) is 0 Å². The molecular formula is C20H25N5. The molecule has 4 heterocycles. The molecule has 1 atom stereocenters. The Morgan fingerprint density at radius 3 is 2.64 bits per heavy atom. The van der Waals surface area contributed by atoms with Gasteiger partial charge in [0, 0.05) is 51.2 Å². The van der Waals surface area contributed by atoms with Crippen molar-refractivity contribution in [1.82, 2.24) is 24.2 Å². The second-order valence-corrected chi connectivity index (χ2v) is 6.93. The number of piperazine rings is 1. The Balaban J connectivity index is 1.39. The quantitative estimate of drug-likeness (QED) is 0.735. The van der Waals surface area contributed by atoms with Crippen LogP contribution in [0, 0.1) is 6.92 Å². The maximum Gasteiger partial charge on any atom is 0.136 e. The van der Waals surface area contributed by atoms with Crippen molar-refractivity contribution in [3.63, 3.8) is 0 Å². The molecule has 4 rings (SSSR count). The lowest BCUT2D eigenvalue weighted by Gasteiger charge is -2.37. The number of nitrogens with zero attached hydrogens (tertiary/aromatic N) is 5. The van der Waals surface area contributed by atoms with Gasteiger partial charge >= 0.3 is 0 Å². The zero-order chi connectivity index (χ0) is 17.2. The molecule has 1 saturated heterocycles. The number of hydrogen-bond donors (Lipinski definition) is 0. The summed E-state index contributed by atoms with van der Waals surface area (Å²) in [7, 11) is 0. The standard InChI is InChI=1S/C20H25N5/c1-16-6-7-20-22-13-18(25(20)14-16)15-23-9-11-24(12-10-23)17(2)19-5-3-4-8-21-19/h3-8,13-14,17H,9-12,15H2,1-2H3/t17-/m1/s1. The minimum atomic E-state index is 0.377. The molecule has 0 amide bonds. The first-order chi connectivity index (χ1) is 12.2. The molecular weight excluding hydrogens is 310 g/mol. The van der Waals surface area contributed by atoms with Gasteiger partial charge in [-0.15, -0.1) is 0 Å². The third-order valence-electron chi connectivity index (χ3n) is 5.19. The van der Waals surface area contributed by atoms with Gasteiger partial charge in [0.2, 0.25) is 0 Å². The first-order valence-corrected chi connectivity index (χ1v) is 9.00. The molecule has 0 N–H and O–H groups in total. The SMILES string of the molecule is Cc1ccc2ncc(CN3CCN([C@H](C)c4ccccn4)CC3)n2c1. The number of pyridine rings is 2. The summed E-state index contributed by atoms with van der Waals surface area (Å²) in [4.78, 5) is 14.1. The molecule has 0 radical (unpaired) electrons. The van der Waals surface area contributed by atoms with Crippen LogP contribution in [-0.2, 0) is 6.54 Å². The van der Waals surface area contributed by atoms with Gasteiger partial charge in [0.05, 0.1) is 17.6 Å². The number of hydrogen-bond acceptors (Lipinski definition) is 4. The number of rotatable bonds is 4. The highest BCUT2D eigenvalue weighted by atomic mass is 15.3. The number of aryl methyl sites for hydroxylation is 1. The van der Waals surface area contributed by atoms with Gasteiger partial charge in [0.1, 0.15) is 5.65 Å². The molecule has 0 bridgehead atoms. The van der Waals surface area contributed by atoms with E-state index in [1.165, 1.54) is 11.3 Å². The Labute approximate surface area is 148 Å². The summed E-state index contributed by atoms with van der Waals surface area (Å²) in [6.45, 7) is 9.65. The minimum Gasteiger partial charge on any atom is -0.303 e. The summed E-state index contributed by atoms with van der Waals surface area (Å²) in [6.07, 6.45) is 6.07. The number of fused-ring (bicyclic) bond motifs is 1. The van der Waals surface area contributed by atoms with Crippen molar-refractivity contribution in [3.8, 4) is 0 Å². The first-order valence-electron chi connectivity index (χ1n) is 9.00. The van der Waals surface area contributed by atoms with Crippen LogP contribution in [0.4, 0.5) is 0 Å². The summed E-state index contributed by atoms with van der Waals surface area (Å²) in [5.41, 5.74) is 4.72. The van der Waals surface area contributed by atoms with E-state index < -0.39 is 0 Å². The topological polar surface area (TPSA) is 36.7 Å². The fourth-order valence-corrected chi connectivity index (χ4v) is 3.60. The van der Waals surface area contributed by atoms with Gasteiger partial charge < -0.3 is 4.40 Å². The zero-order valence-corrected chi connectivity index (χ0v) is 15.0. The smallest absolute Gasteiger partial charge is 0.136 e. The van der Waals surface area contributed by atoms with Crippen LogP contribution in [0.25, 0.3) is 5.65 Å². The predicted octanol–water partition coefficient (Wildman–Crippen LogP) is 2.92. The monoisotopic (exact) mass is 335 g/mol. The molecule has 0 unspecified atom stereocenters. The Morgan fingerprint density at radius 2 is 1.88 bits per heavy atom. The highest BCUT2D eigenvalue weighted by Gasteiger charge is 2.23. The van der Waals surface area contributed by atoms with Crippen LogP contribution < -0.4 is 0 Å². The maximum atomic E-state index is 4.53. The summed E-state index contributed by atoms with van der Waals surface area (Å²) in [6, 6.07) is 10.8.